The molecule has 4 heteroatoms. The number of para-hydroxylation sites is 1. The highest BCUT2D eigenvalue weighted by molar-refractivity contribution is 7.75. The zero-order chi connectivity index (χ0) is 8.10. The third kappa shape index (κ3) is 2.51. The molecule has 0 unspecified atom stereocenters. The summed E-state index contributed by atoms with van der Waals surface area (Å²) in [7, 11) is 0. The van der Waals surface area contributed by atoms with Gasteiger partial charge in [0.15, 0.2) is 0 Å². The summed E-state index contributed by atoms with van der Waals surface area (Å²) in [4.78, 5) is 3.87. The maximum atomic E-state index is 5.26. The maximum absolute atomic E-state index is 5.26. The Bertz CT molecular complexity index is 248. The topological polar surface area (TPSA) is 47.6 Å². The highest BCUT2D eigenvalue weighted by Gasteiger charge is 1.89. The van der Waals surface area contributed by atoms with Crippen molar-refractivity contribution < 1.29 is 4.18 Å². The summed E-state index contributed by atoms with van der Waals surface area (Å²) in [6.07, 6.45) is 0. The number of nitrogens with zero attached hydrogens (tertiary/aromatic N) is 1. The Morgan fingerprint density at radius 3 is 2.55 bits per heavy atom. The Morgan fingerprint density at radius 2 is 2.00 bits per heavy atom. The van der Waals surface area contributed by atoms with Crippen molar-refractivity contribution in [2.45, 2.75) is 0 Å². The molecule has 2 N–H and O–H groups in total. The van der Waals surface area contributed by atoms with Crippen LogP contribution >= 0.6 is 12.9 Å². The van der Waals surface area contributed by atoms with Crippen molar-refractivity contribution in [2.24, 2.45) is 10.7 Å². The van der Waals surface area contributed by atoms with Crippen LogP contribution in [0, 0.1) is 0 Å². The third-order valence-electron chi connectivity index (χ3n) is 1.09. The molecule has 58 valence electrons. The number of nitrogens with two attached hydrogens (primary N) is 1. The Balaban J connectivity index is 2.79. The van der Waals surface area contributed by atoms with Gasteiger partial charge in [-0.1, -0.05) is 18.2 Å². The highest BCUT2D eigenvalue weighted by Crippen LogP contribution is 2.09. The molecule has 0 fully saturated rings. The van der Waals surface area contributed by atoms with E-state index in [1.54, 1.807) is 0 Å². The molecule has 0 saturated carbocycles. The lowest BCUT2D eigenvalue weighted by Crippen LogP contribution is -2.10. The van der Waals surface area contributed by atoms with Gasteiger partial charge in [-0.3, -0.25) is 0 Å². The number of hydrogen-bond donors (Lipinski definition) is 2. The first-order valence-corrected chi connectivity index (χ1v) is 3.40. The zero-order valence-electron chi connectivity index (χ0n) is 5.77. The van der Waals surface area contributed by atoms with Crippen LogP contribution in [0.1, 0.15) is 0 Å². The Hall–Kier alpha value is -1.16. The van der Waals surface area contributed by atoms with Gasteiger partial charge >= 0.3 is 0 Å². The molecule has 0 atom stereocenters. The molecule has 3 nitrogen and oxygen atoms in total. The van der Waals surface area contributed by atoms with Crippen LogP contribution in [0.3, 0.4) is 0 Å². The van der Waals surface area contributed by atoms with Gasteiger partial charge in [-0.2, -0.15) is 4.99 Å². The summed E-state index contributed by atoms with van der Waals surface area (Å²) in [5.74, 6) is 0. The summed E-state index contributed by atoms with van der Waals surface area (Å²) >= 11 is 3.49. The fourth-order valence-corrected chi connectivity index (χ4v) is 0.691. The smallest absolute Gasteiger partial charge is 0.299 e. The first kappa shape index (κ1) is 7.94. The average molecular weight is 168 g/mol. The SMILES string of the molecule is NC(=Nc1ccccc1)OS. The molecule has 0 aliphatic rings. The van der Waals surface area contributed by atoms with Crippen molar-refractivity contribution in [3.05, 3.63) is 30.3 Å². The molecule has 0 aromatic heterocycles. The molecule has 1 aromatic rings. The number of hydrogen-bond acceptors (Lipinski definition) is 3. The van der Waals surface area contributed by atoms with Gasteiger partial charge in [0.1, 0.15) is 0 Å². The quantitative estimate of drug-likeness (QED) is 0.289. The van der Waals surface area contributed by atoms with Crippen LogP contribution in [0.5, 0.6) is 0 Å². The first-order valence-electron chi connectivity index (χ1n) is 3.03. The van der Waals surface area contributed by atoms with Gasteiger partial charge in [0.2, 0.25) is 0 Å². The van der Waals surface area contributed by atoms with Gasteiger partial charge in [-0.25, -0.2) is 0 Å². The van der Waals surface area contributed by atoms with Crippen molar-refractivity contribution in [1.82, 2.24) is 0 Å². The number of benzene rings is 1. The molecule has 0 aliphatic heterocycles. The standard InChI is InChI=1S/C7H8N2OS/c8-7(10-11)9-6-4-2-1-3-5-6/h1-5,11H,(H2,8,9). The predicted molar refractivity (Wildman–Crippen MR) is 47.8 cm³/mol. The van der Waals surface area contributed by atoms with E-state index in [4.69, 9.17) is 5.73 Å². The minimum Gasteiger partial charge on any atom is -0.394 e. The molecule has 1 aromatic carbocycles. The summed E-state index contributed by atoms with van der Waals surface area (Å²) < 4.78 is 4.38. The van der Waals surface area contributed by atoms with Crippen LogP contribution in [-0.4, -0.2) is 6.02 Å². The molecule has 11 heavy (non-hydrogen) atoms. The largest absolute Gasteiger partial charge is 0.394 e. The molecular weight excluding hydrogens is 160 g/mol. The number of aliphatic imine (C=N–C) groups is 1. The van der Waals surface area contributed by atoms with E-state index in [-0.39, 0.29) is 6.02 Å². The molecule has 0 radical (unpaired) electrons. The summed E-state index contributed by atoms with van der Waals surface area (Å²) in [6, 6.07) is 9.31. The molecule has 0 heterocycles. The Labute approximate surface area is 70.5 Å². The number of thiol groups is 1. The highest BCUT2D eigenvalue weighted by atomic mass is 32.1. The number of amidine groups is 1. The van der Waals surface area contributed by atoms with Crippen LogP contribution < -0.4 is 5.73 Å². The van der Waals surface area contributed by atoms with Crippen LogP contribution in [0.15, 0.2) is 35.3 Å². The molecule has 0 spiro atoms. The van der Waals surface area contributed by atoms with Crippen LogP contribution in [0.25, 0.3) is 0 Å². The lowest BCUT2D eigenvalue weighted by Gasteiger charge is -1.94. The second-order valence-electron chi connectivity index (χ2n) is 1.88. The normalized spacial score (nSPS) is 11.2. The maximum Gasteiger partial charge on any atom is 0.299 e. The van der Waals surface area contributed by atoms with Gasteiger partial charge in [0, 0.05) is 12.9 Å². The van der Waals surface area contributed by atoms with Gasteiger partial charge in [-0.15, -0.1) is 0 Å². The summed E-state index contributed by atoms with van der Waals surface area (Å²) in [6.45, 7) is 0. The zero-order valence-corrected chi connectivity index (χ0v) is 6.66. The fourth-order valence-electron chi connectivity index (χ4n) is 0.650. The van der Waals surface area contributed by atoms with Crippen molar-refractivity contribution in [3.8, 4) is 0 Å². The van der Waals surface area contributed by atoms with Gasteiger partial charge in [0.25, 0.3) is 6.02 Å². The minimum absolute atomic E-state index is 0.0412. The van der Waals surface area contributed by atoms with E-state index in [9.17, 15) is 0 Å². The lowest BCUT2D eigenvalue weighted by molar-refractivity contribution is 0.647. The molecule has 0 bridgehead atoms. The van der Waals surface area contributed by atoms with Crippen LogP contribution in [-0.2, 0) is 4.18 Å². The molecule has 0 aliphatic carbocycles. The van der Waals surface area contributed by atoms with Crippen molar-refractivity contribution in [3.63, 3.8) is 0 Å². The monoisotopic (exact) mass is 168 g/mol. The lowest BCUT2D eigenvalue weighted by atomic mass is 10.3. The molecular formula is C7H8N2OS. The minimum atomic E-state index is 0.0412. The fraction of sp³-hybridized carbons (Fsp3) is 0. The van der Waals surface area contributed by atoms with Gasteiger partial charge in [0.05, 0.1) is 5.69 Å². The van der Waals surface area contributed by atoms with Gasteiger partial charge in [-0.05, 0) is 12.1 Å². The second kappa shape index (κ2) is 3.88. The Kier molecular flexibility index (Phi) is 2.80. The molecule has 0 amide bonds. The molecule has 0 saturated heterocycles. The van der Waals surface area contributed by atoms with E-state index in [1.165, 1.54) is 0 Å². The van der Waals surface area contributed by atoms with E-state index in [0.717, 1.165) is 5.69 Å². The number of rotatable bonds is 1. The second-order valence-corrected chi connectivity index (χ2v) is 2.06. The van der Waals surface area contributed by atoms with Crippen LogP contribution in [0.4, 0.5) is 5.69 Å². The first-order chi connectivity index (χ1) is 5.33. The van der Waals surface area contributed by atoms with Crippen LogP contribution in [0.2, 0.25) is 0 Å². The van der Waals surface area contributed by atoms with E-state index < -0.39 is 0 Å². The molecule has 1 rings (SSSR count). The van der Waals surface area contributed by atoms with E-state index in [2.05, 4.69) is 22.1 Å². The third-order valence-corrected chi connectivity index (χ3v) is 1.28. The van der Waals surface area contributed by atoms with Gasteiger partial charge < -0.3 is 9.92 Å². The van der Waals surface area contributed by atoms with E-state index in [1.807, 2.05) is 30.3 Å². The predicted octanol–water partition coefficient (Wildman–Crippen LogP) is 1.49. The average Bonchev–Trinajstić information content (AvgIpc) is 2.06. The summed E-state index contributed by atoms with van der Waals surface area (Å²) in [5, 5.41) is 0. The van der Waals surface area contributed by atoms with Crippen molar-refractivity contribution >= 4 is 24.6 Å². The van der Waals surface area contributed by atoms with E-state index >= 15 is 0 Å². The van der Waals surface area contributed by atoms with Crippen molar-refractivity contribution in [2.75, 3.05) is 0 Å². The van der Waals surface area contributed by atoms with Crippen molar-refractivity contribution in [1.29, 1.82) is 0 Å². The Morgan fingerprint density at radius 1 is 1.36 bits per heavy atom. The van der Waals surface area contributed by atoms with E-state index in [0.29, 0.717) is 0 Å². The summed E-state index contributed by atoms with van der Waals surface area (Å²) in [5.41, 5.74) is 6.01.